The Kier molecular flexibility index (Phi) is 4.04. The SMILES string of the molecule is C/C(=N/Nc1ccc(Cl)c(C(=O)O)c1)c1cc2ccccc2o1. The number of aromatic carboxylic acids is 1. The van der Waals surface area contributed by atoms with Gasteiger partial charge in [-0.2, -0.15) is 5.10 Å². The predicted molar refractivity (Wildman–Crippen MR) is 90.5 cm³/mol. The lowest BCUT2D eigenvalue weighted by Gasteiger charge is -2.04. The van der Waals surface area contributed by atoms with Gasteiger partial charge in [-0.25, -0.2) is 4.79 Å². The fraction of sp³-hybridized carbons (Fsp3) is 0.0588. The summed E-state index contributed by atoms with van der Waals surface area (Å²) in [5, 5.41) is 14.5. The predicted octanol–water partition coefficient (Wildman–Crippen LogP) is 4.62. The topological polar surface area (TPSA) is 74.8 Å². The monoisotopic (exact) mass is 328 g/mol. The highest BCUT2D eigenvalue weighted by Crippen LogP contribution is 2.22. The average Bonchev–Trinajstić information content (AvgIpc) is 2.97. The number of rotatable bonds is 4. The van der Waals surface area contributed by atoms with E-state index in [4.69, 9.17) is 21.1 Å². The van der Waals surface area contributed by atoms with Crippen LogP contribution in [0.3, 0.4) is 0 Å². The molecule has 5 nitrogen and oxygen atoms in total. The second-order valence-corrected chi connectivity index (χ2v) is 5.36. The number of halogens is 1. The van der Waals surface area contributed by atoms with Crippen LogP contribution in [0.15, 0.2) is 58.0 Å². The summed E-state index contributed by atoms with van der Waals surface area (Å²) in [4.78, 5) is 11.1. The van der Waals surface area contributed by atoms with E-state index in [1.54, 1.807) is 13.0 Å². The molecule has 0 aliphatic heterocycles. The molecule has 3 rings (SSSR count). The lowest BCUT2D eigenvalue weighted by Crippen LogP contribution is -2.01. The van der Waals surface area contributed by atoms with Crippen LogP contribution in [0.4, 0.5) is 5.69 Å². The van der Waals surface area contributed by atoms with Crippen molar-refractivity contribution in [2.45, 2.75) is 6.92 Å². The van der Waals surface area contributed by atoms with Crippen molar-refractivity contribution in [1.82, 2.24) is 0 Å². The molecule has 0 aliphatic carbocycles. The minimum Gasteiger partial charge on any atom is -0.478 e. The number of carboxylic acid groups (broad SMARTS) is 1. The third-order valence-corrected chi connectivity index (χ3v) is 3.66. The molecule has 0 atom stereocenters. The summed E-state index contributed by atoms with van der Waals surface area (Å²) in [5.41, 5.74) is 4.80. The Labute approximate surface area is 137 Å². The molecule has 0 bridgehead atoms. The van der Waals surface area contributed by atoms with E-state index in [2.05, 4.69) is 10.5 Å². The highest BCUT2D eigenvalue weighted by Gasteiger charge is 2.10. The molecule has 0 amide bonds. The molecule has 0 saturated carbocycles. The van der Waals surface area contributed by atoms with Gasteiger partial charge in [-0.15, -0.1) is 0 Å². The van der Waals surface area contributed by atoms with Gasteiger partial charge < -0.3 is 9.52 Å². The summed E-state index contributed by atoms with van der Waals surface area (Å²) in [6.45, 7) is 1.80. The quantitative estimate of drug-likeness (QED) is 0.541. The maximum atomic E-state index is 11.1. The third kappa shape index (κ3) is 3.19. The van der Waals surface area contributed by atoms with Gasteiger partial charge in [0.2, 0.25) is 0 Å². The van der Waals surface area contributed by atoms with E-state index in [0.717, 1.165) is 11.0 Å². The van der Waals surface area contributed by atoms with E-state index in [1.165, 1.54) is 12.1 Å². The maximum Gasteiger partial charge on any atom is 0.337 e. The smallest absolute Gasteiger partial charge is 0.337 e. The number of nitrogens with one attached hydrogen (secondary N) is 1. The highest BCUT2D eigenvalue weighted by atomic mass is 35.5. The second-order valence-electron chi connectivity index (χ2n) is 4.96. The van der Waals surface area contributed by atoms with Crippen LogP contribution in [0.5, 0.6) is 0 Å². The van der Waals surface area contributed by atoms with Crippen molar-refractivity contribution >= 4 is 39.9 Å². The first-order valence-corrected chi connectivity index (χ1v) is 7.24. The number of nitrogens with zero attached hydrogens (tertiary/aromatic N) is 1. The largest absolute Gasteiger partial charge is 0.478 e. The summed E-state index contributed by atoms with van der Waals surface area (Å²) < 4.78 is 5.71. The number of furan rings is 1. The van der Waals surface area contributed by atoms with Crippen molar-refractivity contribution in [1.29, 1.82) is 0 Å². The molecule has 3 aromatic rings. The lowest BCUT2D eigenvalue weighted by molar-refractivity contribution is 0.0697. The molecule has 0 radical (unpaired) electrons. The molecule has 6 heteroatoms. The van der Waals surface area contributed by atoms with Gasteiger partial charge in [0.15, 0.2) is 5.76 Å². The standard InChI is InChI=1S/C17H13ClN2O3/c1-10(16-8-11-4-2-3-5-15(11)23-16)19-20-12-6-7-14(18)13(9-12)17(21)22/h2-9,20H,1H3,(H,21,22)/b19-10-. The van der Waals surface area contributed by atoms with Crippen molar-refractivity contribution in [3.05, 3.63) is 64.9 Å². The molecule has 1 heterocycles. The number of carbonyl (C=O) groups is 1. The van der Waals surface area contributed by atoms with Crippen LogP contribution in [-0.2, 0) is 0 Å². The van der Waals surface area contributed by atoms with E-state index in [1.807, 2.05) is 30.3 Å². The van der Waals surface area contributed by atoms with Crippen molar-refractivity contribution in [2.75, 3.05) is 5.43 Å². The van der Waals surface area contributed by atoms with Gasteiger partial charge in [-0.05, 0) is 37.3 Å². The molecular weight excluding hydrogens is 316 g/mol. The Bertz CT molecular complexity index is 882. The molecule has 2 N–H and O–H groups in total. The summed E-state index contributed by atoms with van der Waals surface area (Å²) in [6, 6.07) is 14.2. The van der Waals surface area contributed by atoms with Crippen molar-refractivity contribution in [3.63, 3.8) is 0 Å². The molecule has 116 valence electrons. The van der Waals surface area contributed by atoms with E-state index in [-0.39, 0.29) is 10.6 Å². The molecule has 0 unspecified atom stereocenters. The number of hydrazone groups is 1. The molecule has 0 aliphatic rings. The minimum absolute atomic E-state index is 0.0215. The van der Waals surface area contributed by atoms with Crippen molar-refractivity contribution < 1.29 is 14.3 Å². The number of benzene rings is 2. The Morgan fingerprint density at radius 3 is 2.74 bits per heavy atom. The Balaban J connectivity index is 1.84. The van der Waals surface area contributed by atoms with Gasteiger partial charge in [-0.3, -0.25) is 5.43 Å². The minimum atomic E-state index is -1.09. The summed E-state index contributed by atoms with van der Waals surface area (Å²) in [6.07, 6.45) is 0. The highest BCUT2D eigenvalue weighted by molar-refractivity contribution is 6.33. The van der Waals surface area contributed by atoms with E-state index in [9.17, 15) is 4.79 Å². The van der Waals surface area contributed by atoms with Crippen LogP contribution in [0, 0.1) is 0 Å². The number of carboxylic acids is 1. The second kappa shape index (κ2) is 6.14. The zero-order valence-electron chi connectivity index (χ0n) is 12.2. The van der Waals surface area contributed by atoms with Gasteiger partial charge in [0.1, 0.15) is 11.3 Å². The summed E-state index contributed by atoms with van der Waals surface area (Å²) >= 11 is 5.84. The molecule has 2 aromatic carbocycles. The summed E-state index contributed by atoms with van der Waals surface area (Å²) in [7, 11) is 0. The van der Waals surface area contributed by atoms with Gasteiger partial charge in [0.05, 0.1) is 16.3 Å². The zero-order valence-corrected chi connectivity index (χ0v) is 13.0. The van der Waals surface area contributed by atoms with Gasteiger partial charge in [0.25, 0.3) is 0 Å². The van der Waals surface area contributed by atoms with Gasteiger partial charge in [-0.1, -0.05) is 29.8 Å². The van der Waals surface area contributed by atoms with Crippen LogP contribution >= 0.6 is 11.6 Å². The maximum absolute atomic E-state index is 11.1. The summed E-state index contributed by atoms with van der Waals surface area (Å²) in [5.74, 6) is -0.442. The Morgan fingerprint density at radius 1 is 1.22 bits per heavy atom. The fourth-order valence-corrected chi connectivity index (χ4v) is 2.32. The van der Waals surface area contributed by atoms with Gasteiger partial charge in [0, 0.05) is 5.39 Å². The first-order valence-electron chi connectivity index (χ1n) is 6.86. The fourth-order valence-electron chi connectivity index (χ4n) is 2.12. The molecule has 1 aromatic heterocycles. The van der Waals surface area contributed by atoms with Crippen LogP contribution in [0.25, 0.3) is 11.0 Å². The van der Waals surface area contributed by atoms with Crippen LogP contribution < -0.4 is 5.43 Å². The van der Waals surface area contributed by atoms with E-state index >= 15 is 0 Å². The normalized spacial score (nSPS) is 11.7. The van der Waals surface area contributed by atoms with Crippen molar-refractivity contribution in [3.8, 4) is 0 Å². The lowest BCUT2D eigenvalue weighted by atomic mass is 10.2. The average molecular weight is 329 g/mol. The molecular formula is C17H13ClN2O3. The number of hydrogen-bond donors (Lipinski definition) is 2. The first kappa shape index (κ1) is 15.1. The molecule has 0 saturated heterocycles. The molecule has 0 fully saturated rings. The number of hydrogen-bond acceptors (Lipinski definition) is 4. The van der Waals surface area contributed by atoms with E-state index in [0.29, 0.717) is 17.2 Å². The molecule has 23 heavy (non-hydrogen) atoms. The third-order valence-electron chi connectivity index (χ3n) is 3.33. The Hall–Kier alpha value is -2.79. The number of fused-ring (bicyclic) bond motifs is 1. The number of para-hydroxylation sites is 1. The van der Waals surface area contributed by atoms with E-state index < -0.39 is 5.97 Å². The number of anilines is 1. The van der Waals surface area contributed by atoms with Crippen LogP contribution in [0.2, 0.25) is 5.02 Å². The molecule has 0 spiro atoms. The van der Waals surface area contributed by atoms with Gasteiger partial charge >= 0.3 is 5.97 Å². The van der Waals surface area contributed by atoms with Crippen LogP contribution in [-0.4, -0.2) is 16.8 Å². The van der Waals surface area contributed by atoms with Crippen LogP contribution in [0.1, 0.15) is 23.0 Å². The zero-order chi connectivity index (χ0) is 16.4. The Morgan fingerprint density at radius 2 is 2.00 bits per heavy atom. The van der Waals surface area contributed by atoms with Crippen molar-refractivity contribution in [2.24, 2.45) is 5.10 Å². The first-order chi connectivity index (χ1) is 11.0.